The molecule has 1 saturated heterocycles. The normalized spacial score (nSPS) is 20.1. The highest BCUT2D eigenvalue weighted by Gasteiger charge is 2.37. The molecule has 2 atom stereocenters. The van der Waals surface area contributed by atoms with Gasteiger partial charge >= 0.3 is 0 Å². The minimum atomic E-state index is -1.12. The van der Waals surface area contributed by atoms with Crippen LogP contribution in [0.5, 0.6) is 0 Å². The minimum Gasteiger partial charge on any atom is -0.448 e. The lowest BCUT2D eigenvalue weighted by Gasteiger charge is -2.23. The molecule has 2 aromatic rings. The number of alkyl halides is 1. The van der Waals surface area contributed by atoms with E-state index in [1.807, 2.05) is 0 Å². The Kier molecular flexibility index (Phi) is 4.51. The number of aryl methyl sites for hydroxylation is 1. The highest BCUT2D eigenvalue weighted by atomic mass is 19.1. The Bertz CT molecular complexity index is 786. The summed E-state index contributed by atoms with van der Waals surface area (Å²) in [5.74, 6) is -0.280. The second-order valence-corrected chi connectivity index (χ2v) is 6.22. The summed E-state index contributed by atoms with van der Waals surface area (Å²) >= 11 is 0. The molecule has 1 aliphatic rings. The molecular weight excluding hydrogens is 331 g/mol. The lowest BCUT2D eigenvalue weighted by atomic mass is 10.2. The van der Waals surface area contributed by atoms with Gasteiger partial charge in [0.2, 0.25) is 0 Å². The fourth-order valence-corrected chi connectivity index (χ4v) is 2.82. The maximum atomic E-state index is 13.9. The molecule has 0 unspecified atom stereocenters. The van der Waals surface area contributed by atoms with E-state index in [1.54, 1.807) is 21.0 Å². The molecule has 3 rings (SSSR count). The average Bonchev–Trinajstić information content (AvgIpc) is 3.27. The van der Waals surface area contributed by atoms with Gasteiger partial charge in [0.25, 0.3) is 11.8 Å². The third kappa shape index (κ3) is 3.52. The fraction of sp³-hybridized carbons (Fsp3) is 0.533. The number of amides is 2. The number of likely N-dealkylation sites (tertiary alicyclic amines) is 1. The van der Waals surface area contributed by atoms with Gasteiger partial charge in [-0.25, -0.2) is 14.1 Å². The molecule has 0 N–H and O–H groups in total. The van der Waals surface area contributed by atoms with Crippen molar-refractivity contribution >= 4 is 11.8 Å². The Morgan fingerprint density at radius 3 is 2.80 bits per heavy atom. The van der Waals surface area contributed by atoms with E-state index < -0.39 is 12.2 Å². The molecule has 3 heterocycles. The molecule has 2 amide bonds. The molecule has 134 valence electrons. The van der Waals surface area contributed by atoms with Crippen LogP contribution in [0.25, 0.3) is 0 Å². The highest BCUT2D eigenvalue weighted by molar-refractivity contribution is 5.92. The highest BCUT2D eigenvalue weighted by Crippen LogP contribution is 2.24. The summed E-state index contributed by atoms with van der Waals surface area (Å²) in [5, 5.41) is 7.73. The molecule has 0 aromatic carbocycles. The zero-order valence-electron chi connectivity index (χ0n) is 14.2. The number of halogens is 1. The van der Waals surface area contributed by atoms with Crippen LogP contribution in [0.3, 0.4) is 0 Å². The van der Waals surface area contributed by atoms with E-state index in [-0.39, 0.29) is 42.7 Å². The summed E-state index contributed by atoms with van der Waals surface area (Å²) in [7, 11) is 3.23. The van der Waals surface area contributed by atoms with E-state index in [2.05, 4.69) is 15.3 Å². The molecule has 1 fully saturated rings. The second kappa shape index (κ2) is 6.61. The van der Waals surface area contributed by atoms with E-state index >= 15 is 0 Å². The summed E-state index contributed by atoms with van der Waals surface area (Å²) in [6, 6.07) is -0.400. The van der Waals surface area contributed by atoms with Crippen molar-refractivity contribution in [2.75, 3.05) is 20.6 Å². The zero-order valence-corrected chi connectivity index (χ0v) is 14.2. The van der Waals surface area contributed by atoms with E-state index in [0.29, 0.717) is 5.89 Å². The van der Waals surface area contributed by atoms with Crippen molar-refractivity contribution in [1.82, 2.24) is 29.8 Å². The van der Waals surface area contributed by atoms with Crippen LogP contribution in [0.15, 0.2) is 16.9 Å². The molecule has 0 radical (unpaired) electrons. The molecule has 0 spiro atoms. The Labute approximate surface area is 143 Å². The van der Waals surface area contributed by atoms with Crippen LogP contribution < -0.4 is 0 Å². The summed E-state index contributed by atoms with van der Waals surface area (Å²) in [6.07, 6.45) is 1.84. The van der Waals surface area contributed by atoms with Crippen LogP contribution in [-0.2, 0) is 6.54 Å². The van der Waals surface area contributed by atoms with Gasteiger partial charge in [-0.15, -0.1) is 5.10 Å². The van der Waals surface area contributed by atoms with Gasteiger partial charge in [-0.2, -0.15) is 0 Å². The molecule has 0 aliphatic carbocycles. The monoisotopic (exact) mass is 350 g/mol. The number of oxazole rings is 1. The van der Waals surface area contributed by atoms with E-state index in [1.165, 1.54) is 26.9 Å². The first-order valence-corrected chi connectivity index (χ1v) is 7.84. The summed E-state index contributed by atoms with van der Waals surface area (Å²) in [5.41, 5.74) is 0.350. The number of nitrogens with zero attached hydrogens (tertiary/aromatic N) is 6. The first-order chi connectivity index (χ1) is 11.8. The molecule has 25 heavy (non-hydrogen) atoms. The molecule has 2 aromatic heterocycles. The maximum Gasteiger partial charge on any atom is 0.276 e. The first-order valence-electron chi connectivity index (χ1n) is 7.84. The van der Waals surface area contributed by atoms with Gasteiger partial charge in [0.15, 0.2) is 17.3 Å². The Hall–Kier alpha value is -2.78. The van der Waals surface area contributed by atoms with E-state index in [0.717, 1.165) is 0 Å². The van der Waals surface area contributed by atoms with Crippen LogP contribution in [0.2, 0.25) is 0 Å². The quantitative estimate of drug-likeness (QED) is 0.798. The van der Waals surface area contributed by atoms with Crippen molar-refractivity contribution in [3.05, 3.63) is 29.7 Å². The largest absolute Gasteiger partial charge is 0.448 e. The zero-order chi connectivity index (χ0) is 18.1. The molecule has 1 aliphatic heterocycles. The topological polar surface area (TPSA) is 97.4 Å². The lowest BCUT2D eigenvalue weighted by Crippen LogP contribution is -2.38. The predicted octanol–water partition coefficient (Wildman–Crippen LogP) is 0.529. The summed E-state index contributed by atoms with van der Waals surface area (Å²) in [6.45, 7) is 1.87. The SMILES string of the molecule is Cc1nc(C(=O)N2C[C@@H](F)C[C@H]2Cn2cc(C(=O)N(C)C)nn2)co1. The third-order valence-electron chi connectivity index (χ3n) is 4.02. The van der Waals surface area contributed by atoms with Crippen LogP contribution in [0.1, 0.15) is 33.3 Å². The minimum absolute atomic E-state index is 0.00636. The van der Waals surface area contributed by atoms with E-state index in [4.69, 9.17) is 4.42 Å². The molecule has 10 heteroatoms. The van der Waals surface area contributed by atoms with Gasteiger partial charge in [0.05, 0.1) is 25.3 Å². The summed E-state index contributed by atoms with van der Waals surface area (Å²) < 4.78 is 20.4. The third-order valence-corrected chi connectivity index (χ3v) is 4.02. The van der Waals surface area contributed by atoms with Crippen LogP contribution in [0, 0.1) is 6.92 Å². The van der Waals surface area contributed by atoms with Gasteiger partial charge in [-0.3, -0.25) is 9.59 Å². The predicted molar refractivity (Wildman–Crippen MR) is 83.6 cm³/mol. The molecule has 0 saturated carbocycles. The Morgan fingerprint density at radius 1 is 1.40 bits per heavy atom. The van der Waals surface area contributed by atoms with Crippen molar-refractivity contribution in [3.8, 4) is 0 Å². The smallest absolute Gasteiger partial charge is 0.276 e. The lowest BCUT2D eigenvalue weighted by molar-refractivity contribution is 0.0707. The van der Waals surface area contributed by atoms with Gasteiger partial charge in [0.1, 0.15) is 12.4 Å². The van der Waals surface area contributed by atoms with Crippen LogP contribution in [-0.4, -0.2) is 74.4 Å². The van der Waals surface area contributed by atoms with Crippen molar-refractivity contribution in [1.29, 1.82) is 0 Å². The number of hydrogen-bond acceptors (Lipinski definition) is 6. The number of aromatic nitrogens is 4. The molecule has 0 bridgehead atoms. The van der Waals surface area contributed by atoms with Crippen molar-refractivity contribution in [2.45, 2.75) is 32.1 Å². The van der Waals surface area contributed by atoms with E-state index in [9.17, 15) is 14.0 Å². The Balaban J connectivity index is 1.74. The average molecular weight is 350 g/mol. The Morgan fingerprint density at radius 2 is 2.16 bits per heavy atom. The van der Waals surface area contributed by atoms with Gasteiger partial charge in [-0.05, 0) is 0 Å². The number of carbonyl (C=O) groups excluding carboxylic acids is 2. The van der Waals surface area contributed by atoms with Crippen molar-refractivity contribution in [3.63, 3.8) is 0 Å². The van der Waals surface area contributed by atoms with Crippen molar-refractivity contribution < 1.29 is 18.4 Å². The molecule has 9 nitrogen and oxygen atoms in total. The van der Waals surface area contributed by atoms with Gasteiger partial charge in [-0.1, -0.05) is 5.21 Å². The maximum absolute atomic E-state index is 13.9. The standard InChI is InChI=1S/C15H19FN6O3/c1-9-17-13(8-25-9)15(24)22-5-10(16)4-11(22)6-21-7-12(18-19-21)14(23)20(2)3/h7-8,10-11H,4-6H2,1-3H3/t10-,11-/m0/s1. The second-order valence-electron chi connectivity index (χ2n) is 6.22. The summed E-state index contributed by atoms with van der Waals surface area (Å²) in [4.78, 5) is 31.2. The van der Waals surface area contributed by atoms with Gasteiger partial charge in [0, 0.05) is 27.4 Å². The fourth-order valence-electron chi connectivity index (χ4n) is 2.82. The van der Waals surface area contributed by atoms with Crippen molar-refractivity contribution in [2.24, 2.45) is 0 Å². The van der Waals surface area contributed by atoms with Crippen LogP contribution >= 0.6 is 0 Å². The first kappa shape index (κ1) is 17.1. The van der Waals surface area contributed by atoms with Crippen LogP contribution in [0.4, 0.5) is 4.39 Å². The number of carbonyl (C=O) groups is 2. The number of hydrogen-bond donors (Lipinski definition) is 0. The number of rotatable bonds is 4. The van der Waals surface area contributed by atoms with Gasteiger partial charge < -0.3 is 14.2 Å². The molecular formula is C15H19FN6O3.